The SMILES string of the molecule is CC=CCC=C(C)[C@H]1CC[C@](C)(C=C[C@H](C)C(=O)c2c(O)cc([C@H](C)CCC=CNC(=O)OC)oc2=O)O1. The van der Waals surface area contributed by atoms with Crippen LogP contribution < -0.4 is 10.9 Å². The van der Waals surface area contributed by atoms with Gasteiger partial charge in [0.1, 0.15) is 17.1 Å². The van der Waals surface area contributed by atoms with E-state index in [0.29, 0.717) is 12.8 Å². The van der Waals surface area contributed by atoms with E-state index in [2.05, 4.69) is 29.1 Å². The molecule has 2 rings (SSSR count). The quantitative estimate of drug-likeness (QED) is 0.241. The zero-order chi connectivity index (χ0) is 28.3. The van der Waals surface area contributed by atoms with Gasteiger partial charge in [0.25, 0.3) is 0 Å². The zero-order valence-corrected chi connectivity index (χ0v) is 23.3. The fourth-order valence-corrected chi connectivity index (χ4v) is 4.21. The lowest BCUT2D eigenvalue weighted by Crippen LogP contribution is -2.24. The topological polar surface area (TPSA) is 115 Å². The molecule has 0 saturated carbocycles. The van der Waals surface area contributed by atoms with Crippen molar-refractivity contribution in [3.05, 3.63) is 76.0 Å². The molecule has 1 aliphatic rings. The standard InChI is InChI=1S/C30H41NO7/c1-7-8-9-12-20(2)24-15-17-30(5,38-24)16-14-22(4)27(33)26-23(32)19-25(37-28(26)34)21(3)13-10-11-18-31-29(35)36-6/h7-8,11-12,14,16,18-19,21-22,24,32H,9-10,13,15,17H2,1-6H3,(H,31,35)/t21-,22+,24-,30+/m1/s1. The van der Waals surface area contributed by atoms with E-state index in [4.69, 9.17) is 9.15 Å². The summed E-state index contributed by atoms with van der Waals surface area (Å²) < 4.78 is 16.2. The molecule has 2 N–H and O–H groups in total. The summed E-state index contributed by atoms with van der Waals surface area (Å²) >= 11 is 0. The van der Waals surface area contributed by atoms with Gasteiger partial charge in [0, 0.05) is 24.1 Å². The summed E-state index contributed by atoms with van der Waals surface area (Å²) in [5.74, 6) is -1.45. The highest BCUT2D eigenvalue weighted by Gasteiger charge is 2.35. The second kappa shape index (κ2) is 14.5. The van der Waals surface area contributed by atoms with Crippen LogP contribution in [0.2, 0.25) is 0 Å². The maximum atomic E-state index is 13.0. The van der Waals surface area contributed by atoms with Gasteiger partial charge in [0.2, 0.25) is 0 Å². The Bertz CT molecular complexity index is 1140. The van der Waals surface area contributed by atoms with Crippen LogP contribution in [0.15, 0.2) is 63.5 Å². The fraction of sp³-hybridized carbons (Fsp3) is 0.500. The summed E-state index contributed by atoms with van der Waals surface area (Å²) in [7, 11) is 1.28. The summed E-state index contributed by atoms with van der Waals surface area (Å²) in [6.45, 7) is 9.58. The fourth-order valence-electron chi connectivity index (χ4n) is 4.21. The van der Waals surface area contributed by atoms with E-state index in [-0.39, 0.29) is 29.1 Å². The molecule has 1 aromatic rings. The van der Waals surface area contributed by atoms with Gasteiger partial charge in [-0.15, -0.1) is 0 Å². The Balaban J connectivity index is 2.02. The average Bonchev–Trinajstić information content (AvgIpc) is 3.28. The minimum atomic E-state index is -0.856. The number of carbonyl (C=O) groups excluding carboxylic acids is 2. The van der Waals surface area contributed by atoms with Crippen molar-refractivity contribution < 1.29 is 28.6 Å². The third-order valence-electron chi connectivity index (χ3n) is 6.74. The largest absolute Gasteiger partial charge is 0.507 e. The number of alkyl carbamates (subject to hydrolysis) is 1. The first-order chi connectivity index (χ1) is 18.0. The van der Waals surface area contributed by atoms with Crippen molar-refractivity contribution in [2.75, 3.05) is 7.11 Å². The third kappa shape index (κ3) is 8.87. The molecule has 1 aromatic heterocycles. The number of ketones is 1. The molecule has 1 amide bonds. The van der Waals surface area contributed by atoms with Crippen molar-refractivity contribution in [3.63, 3.8) is 0 Å². The lowest BCUT2D eigenvalue weighted by Gasteiger charge is -2.22. The number of Topliss-reactive ketones (excluding diaryl/α,β-unsaturated/α-hetero) is 1. The van der Waals surface area contributed by atoms with Crippen molar-refractivity contribution in [1.29, 1.82) is 0 Å². The predicted octanol–water partition coefficient (Wildman–Crippen LogP) is 6.32. The van der Waals surface area contributed by atoms with Gasteiger partial charge >= 0.3 is 11.7 Å². The Morgan fingerprint density at radius 1 is 1.32 bits per heavy atom. The lowest BCUT2D eigenvalue weighted by atomic mass is 9.94. The van der Waals surface area contributed by atoms with Gasteiger partial charge in [0.05, 0.1) is 18.8 Å². The maximum absolute atomic E-state index is 13.0. The summed E-state index contributed by atoms with van der Waals surface area (Å²) in [5, 5.41) is 13.0. The van der Waals surface area contributed by atoms with E-state index in [1.807, 2.05) is 32.9 Å². The van der Waals surface area contributed by atoms with Crippen molar-refractivity contribution in [3.8, 4) is 5.75 Å². The lowest BCUT2D eigenvalue weighted by molar-refractivity contribution is 0.0215. The van der Waals surface area contributed by atoms with Crippen LogP contribution in [0.3, 0.4) is 0 Å². The third-order valence-corrected chi connectivity index (χ3v) is 6.74. The maximum Gasteiger partial charge on any atom is 0.410 e. The van der Waals surface area contributed by atoms with Gasteiger partial charge in [-0.05, 0) is 58.4 Å². The number of nitrogens with one attached hydrogen (secondary N) is 1. The van der Waals surface area contributed by atoms with Crippen LogP contribution in [-0.2, 0) is 9.47 Å². The van der Waals surface area contributed by atoms with Crippen molar-refractivity contribution in [1.82, 2.24) is 5.32 Å². The minimum absolute atomic E-state index is 0.0335. The number of carbonyl (C=O) groups is 2. The first-order valence-electron chi connectivity index (χ1n) is 13.1. The summed E-state index contributed by atoms with van der Waals surface area (Å²) in [4.78, 5) is 36.7. The number of hydrogen-bond donors (Lipinski definition) is 2. The highest BCUT2D eigenvalue weighted by molar-refractivity contribution is 6.00. The Morgan fingerprint density at radius 2 is 2.05 bits per heavy atom. The van der Waals surface area contributed by atoms with Crippen molar-refractivity contribution in [2.24, 2.45) is 5.92 Å². The Morgan fingerprint density at radius 3 is 2.71 bits per heavy atom. The van der Waals surface area contributed by atoms with Crippen molar-refractivity contribution >= 4 is 11.9 Å². The second-order valence-electron chi connectivity index (χ2n) is 9.94. The van der Waals surface area contributed by atoms with Gasteiger partial charge in [-0.3, -0.25) is 10.1 Å². The molecule has 1 saturated heterocycles. The molecule has 0 spiro atoms. The Labute approximate surface area is 225 Å². The van der Waals surface area contributed by atoms with E-state index in [1.165, 1.54) is 24.9 Å². The van der Waals surface area contributed by atoms with Gasteiger partial charge in [-0.25, -0.2) is 9.59 Å². The van der Waals surface area contributed by atoms with Crippen LogP contribution in [0.5, 0.6) is 5.75 Å². The normalized spacial score (nSPS) is 21.8. The number of rotatable bonds is 12. The van der Waals surface area contributed by atoms with E-state index in [1.54, 1.807) is 19.1 Å². The molecule has 1 fully saturated rings. The molecular formula is C30H41NO7. The molecule has 0 aliphatic carbocycles. The van der Waals surface area contributed by atoms with Gasteiger partial charge < -0.3 is 19.0 Å². The monoisotopic (exact) mass is 527 g/mol. The highest BCUT2D eigenvalue weighted by Crippen LogP contribution is 2.35. The Hall–Kier alpha value is -3.39. The molecule has 0 unspecified atom stereocenters. The Kier molecular flexibility index (Phi) is 11.8. The van der Waals surface area contributed by atoms with Crippen LogP contribution in [-0.4, -0.2) is 35.8 Å². The number of hydrogen-bond acceptors (Lipinski definition) is 7. The van der Waals surface area contributed by atoms with E-state index >= 15 is 0 Å². The van der Waals surface area contributed by atoms with Crippen LogP contribution >= 0.6 is 0 Å². The molecule has 8 nitrogen and oxygen atoms in total. The zero-order valence-electron chi connectivity index (χ0n) is 23.3. The molecule has 1 aliphatic heterocycles. The average molecular weight is 528 g/mol. The summed E-state index contributed by atoms with van der Waals surface area (Å²) in [6, 6.07) is 1.33. The van der Waals surface area contributed by atoms with Crippen LogP contribution in [0.4, 0.5) is 4.79 Å². The molecule has 208 valence electrons. The minimum Gasteiger partial charge on any atom is -0.507 e. The molecule has 38 heavy (non-hydrogen) atoms. The molecule has 4 atom stereocenters. The number of methoxy groups -OCH3 is 1. The van der Waals surface area contributed by atoms with E-state index in [0.717, 1.165) is 19.3 Å². The first kappa shape index (κ1) is 30.8. The van der Waals surface area contributed by atoms with Crippen LogP contribution in [0, 0.1) is 5.92 Å². The molecule has 0 bridgehead atoms. The number of allylic oxidation sites excluding steroid dienone is 5. The highest BCUT2D eigenvalue weighted by atomic mass is 16.5. The smallest absolute Gasteiger partial charge is 0.410 e. The second-order valence-corrected chi connectivity index (χ2v) is 9.94. The molecule has 0 radical (unpaired) electrons. The predicted molar refractivity (Wildman–Crippen MR) is 147 cm³/mol. The van der Waals surface area contributed by atoms with Gasteiger partial charge in [-0.2, -0.15) is 0 Å². The summed E-state index contributed by atoms with van der Waals surface area (Å²) in [5.41, 5.74) is -0.527. The molecule has 0 aromatic carbocycles. The number of amides is 1. The van der Waals surface area contributed by atoms with E-state index in [9.17, 15) is 19.5 Å². The number of ether oxygens (including phenoxy) is 2. The summed E-state index contributed by atoms with van der Waals surface area (Å²) in [6.07, 6.45) is 16.3. The van der Waals surface area contributed by atoms with Crippen molar-refractivity contribution in [2.45, 2.75) is 84.3 Å². The molecule has 8 heteroatoms. The molecular weight excluding hydrogens is 486 g/mol. The number of aromatic hydroxyl groups is 1. The molecule has 2 heterocycles. The first-order valence-corrected chi connectivity index (χ1v) is 13.1. The van der Waals surface area contributed by atoms with Crippen LogP contribution in [0.1, 0.15) is 88.8 Å². The van der Waals surface area contributed by atoms with Gasteiger partial charge in [0.15, 0.2) is 5.78 Å². The van der Waals surface area contributed by atoms with E-state index < -0.39 is 29.0 Å². The van der Waals surface area contributed by atoms with Gasteiger partial charge in [-0.1, -0.05) is 50.3 Å². The van der Waals surface area contributed by atoms with Crippen LogP contribution in [0.25, 0.3) is 0 Å².